The van der Waals surface area contributed by atoms with E-state index < -0.39 is 0 Å². The van der Waals surface area contributed by atoms with Crippen LogP contribution < -0.4 is 5.32 Å². The van der Waals surface area contributed by atoms with Crippen LogP contribution in [-0.2, 0) is 5.75 Å². The van der Waals surface area contributed by atoms with E-state index in [-0.39, 0.29) is 0 Å². The molecular formula is C17H15BrN2S. The maximum absolute atomic E-state index is 4.69. The molecule has 0 amide bonds. The van der Waals surface area contributed by atoms with Crippen molar-refractivity contribution in [3.05, 3.63) is 64.6 Å². The SMILES string of the molecule is CNc1nc2ccccc2cc1CSc1cccc(Br)c1. The fourth-order valence-electron chi connectivity index (χ4n) is 2.20. The zero-order valence-corrected chi connectivity index (χ0v) is 14.0. The highest BCUT2D eigenvalue weighted by molar-refractivity contribution is 9.10. The van der Waals surface area contributed by atoms with Gasteiger partial charge in [0.25, 0.3) is 0 Å². The molecule has 0 saturated carbocycles. The molecule has 106 valence electrons. The Bertz CT molecular complexity index is 774. The second-order valence-corrected chi connectivity index (χ2v) is 6.65. The second kappa shape index (κ2) is 6.50. The number of fused-ring (bicyclic) bond motifs is 1. The Hall–Kier alpha value is -1.52. The Morgan fingerprint density at radius 1 is 1.10 bits per heavy atom. The van der Waals surface area contributed by atoms with Crippen molar-refractivity contribution < 1.29 is 0 Å². The Labute approximate surface area is 137 Å². The molecule has 0 radical (unpaired) electrons. The minimum absolute atomic E-state index is 0.893. The molecule has 0 unspecified atom stereocenters. The maximum atomic E-state index is 4.69. The fourth-order valence-corrected chi connectivity index (χ4v) is 3.68. The van der Waals surface area contributed by atoms with Crippen LogP contribution in [0.4, 0.5) is 5.82 Å². The average Bonchev–Trinajstić information content (AvgIpc) is 2.52. The number of rotatable bonds is 4. The van der Waals surface area contributed by atoms with E-state index in [1.807, 2.05) is 43.1 Å². The van der Waals surface area contributed by atoms with Crippen molar-refractivity contribution >= 4 is 44.4 Å². The number of hydrogen-bond acceptors (Lipinski definition) is 3. The van der Waals surface area contributed by atoms with Gasteiger partial charge in [0.15, 0.2) is 0 Å². The first kappa shape index (κ1) is 14.4. The molecule has 3 rings (SSSR count). The third kappa shape index (κ3) is 3.39. The summed E-state index contributed by atoms with van der Waals surface area (Å²) in [4.78, 5) is 5.94. The number of thioether (sulfide) groups is 1. The average molecular weight is 359 g/mol. The quantitative estimate of drug-likeness (QED) is 0.637. The van der Waals surface area contributed by atoms with Crippen LogP contribution in [0.5, 0.6) is 0 Å². The zero-order chi connectivity index (χ0) is 14.7. The molecule has 0 atom stereocenters. The van der Waals surface area contributed by atoms with E-state index in [1.165, 1.54) is 15.8 Å². The Kier molecular flexibility index (Phi) is 4.46. The van der Waals surface area contributed by atoms with E-state index >= 15 is 0 Å². The van der Waals surface area contributed by atoms with Crippen molar-refractivity contribution in [2.75, 3.05) is 12.4 Å². The molecule has 2 aromatic carbocycles. The Balaban J connectivity index is 1.88. The van der Waals surface area contributed by atoms with Gasteiger partial charge in [0.2, 0.25) is 0 Å². The van der Waals surface area contributed by atoms with E-state index in [2.05, 4.69) is 56.6 Å². The van der Waals surface area contributed by atoms with Crippen molar-refractivity contribution in [1.82, 2.24) is 4.98 Å². The molecule has 4 heteroatoms. The maximum Gasteiger partial charge on any atom is 0.130 e. The molecule has 1 heterocycles. The summed E-state index contributed by atoms with van der Waals surface area (Å²) < 4.78 is 1.11. The number of nitrogens with one attached hydrogen (secondary N) is 1. The lowest BCUT2D eigenvalue weighted by atomic mass is 10.1. The summed E-state index contributed by atoms with van der Waals surface area (Å²) in [6.45, 7) is 0. The number of benzene rings is 2. The van der Waals surface area contributed by atoms with Crippen molar-refractivity contribution in [3.8, 4) is 0 Å². The lowest BCUT2D eigenvalue weighted by molar-refractivity contribution is 1.26. The van der Waals surface area contributed by atoms with Crippen molar-refractivity contribution in [3.63, 3.8) is 0 Å². The van der Waals surface area contributed by atoms with Crippen LogP contribution in [-0.4, -0.2) is 12.0 Å². The molecule has 3 aromatic rings. The summed E-state index contributed by atoms with van der Waals surface area (Å²) in [5.74, 6) is 1.85. The number of hydrogen-bond donors (Lipinski definition) is 1. The zero-order valence-electron chi connectivity index (χ0n) is 11.6. The number of para-hydroxylation sites is 1. The van der Waals surface area contributed by atoms with Crippen LogP contribution in [0.25, 0.3) is 10.9 Å². The monoisotopic (exact) mass is 358 g/mol. The molecule has 0 spiro atoms. The van der Waals surface area contributed by atoms with E-state index in [0.717, 1.165) is 21.6 Å². The van der Waals surface area contributed by atoms with Gasteiger partial charge in [0.05, 0.1) is 5.52 Å². The summed E-state index contributed by atoms with van der Waals surface area (Å²) >= 11 is 5.33. The molecular weight excluding hydrogens is 344 g/mol. The molecule has 0 aliphatic rings. The van der Waals surface area contributed by atoms with E-state index in [1.54, 1.807) is 0 Å². The molecule has 1 N–H and O–H groups in total. The Morgan fingerprint density at radius 3 is 2.76 bits per heavy atom. The summed E-state index contributed by atoms with van der Waals surface area (Å²) in [6, 6.07) is 18.8. The lowest BCUT2D eigenvalue weighted by Gasteiger charge is -2.10. The van der Waals surface area contributed by atoms with Gasteiger partial charge in [-0.25, -0.2) is 4.98 Å². The van der Waals surface area contributed by atoms with Gasteiger partial charge in [0.1, 0.15) is 5.82 Å². The molecule has 0 fully saturated rings. The van der Waals surface area contributed by atoms with Crippen LogP contribution >= 0.6 is 27.7 Å². The van der Waals surface area contributed by atoms with Gasteiger partial charge in [0, 0.05) is 33.1 Å². The molecule has 1 aromatic heterocycles. The van der Waals surface area contributed by atoms with Crippen molar-refractivity contribution in [1.29, 1.82) is 0 Å². The summed E-state index contributed by atoms with van der Waals surface area (Å²) in [5, 5.41) is 4.38. The van der Waals surface area contributed by atoms with Gasteiger partial charge in [-0.1, -0.05) is 40.2 Å². The fraction of sp³-hybridized carbons (Fsp3) is 0.118. The second-order valence-electron chi connectivity index (χ2n) is 4.68. The topological polar surface area (TPSA) is 24.9 Å². The van der Waals surface area contributed by atoms with Gasteiger partial charge in [-0.05, 0) is 30.3 Å². The van der Waals surface area contributed by atoms with Crippen LogP contribution in [0.1, 0.15) is 5.56 Å². The smallest absolute Gasteiger partial charge is 0.130 e. The highest BCUT2D eigenvalue weighted by Gasteiger charge is 2.06. The minimum Gasteiger partial charge on any atom is -0.373 e. The predicted molar refractivity (Wildman–Crippen MR) is 95.0 cm³/mol. The largest absolute Gasteiger partial charge is 0.373 e. The van der Waals surface area contributed by atoms with Gasteiger partial charge in [-0.3, -0.25) is 0 Å². The third-order valence-corrected chi connectivity index (χ3v) is 4.77. The van der Waals surface area contributed by atoms with Gasteiger partial charge < -0.3 is 5.32 Å². The number of pyridine rings is 1. The van der Waals surface area contributed by atoms with Crippen molar-refractivity contribution in [2.45, 2.75) is 10.6 Å². The van der Waals surface area contributed by atoms with Crippen LogP contribution in [0, 0.1) is 0 Å². The van der Waals surface area contributed by atoms with Crippen molar-refractivity contribution in [2.24, 2.45) is 0 Å². The summed E-state index contributed by atoms with van der Waals surface area (Å²) in [7, 11) is 1.92. The van der Waals surface area contributed by atoms with Crippen LogP contribution in [0.3, 0.4) is 0 Å². The van der Waals surface area contributed by atoms with Crippen LogP contribution in [0.15, 0.2) is 64.0 Å². The molecule has 0 bridgehead atoms. The predicted octanol–water partition coefficient (Wildman–Crippen LogP) is 5.33. The molecule has 0 aliphatic heterocycles. The molecule has 0 saturated heterocycles. The first-order valence-electron chi connectivity index (χ1n) is 6.71. The standard InChI is InChI=1S/C17H15BrN2S/c1-19-17-13(9-12-5-2-3-8-16(12)20-17)11-21-15-7-4-6-14(18)10-15/h2-10H,11H2,1H3,(H,19,20). The van der Waals surface area contributed by atoms with E-state index in [9.17, 15) is 0 Å². The number of nitrogens with zero attached hydrogens (tertiary/aromatic N) is 1. The lowest BCUT2D eigenvalue weighted by Crippen LogP contribution is -1.98. The van der Waals surface area contributed by atoms with E-state index in [4.69, 9.17) is 0 Å². The van der Waals surface area contributed by atoms with Gasteiger partial charge >= 0.3 is 0 Å². The number of aromatic nitrogens is 1. The molecule has 0 aliphatic carbocycles. The molecule has 2 nitrogen and oxygen atoms in total. The van der Waals surface area contributed by atoms with Gasteiger partial charge in [-0.15, -0.1) is 11.8 Å². The first-order chi connectivity index (χ1) is 10.3. The minimum atomic E-state index is 0.893. The summed E-state index contributed by atoms with van der Waals surface area (Å²) in [5.41, 5.74) is 2.25. The van der Waals surface area contributed by atoms with Gasteiger partial charge in [-0.2, -0.15) is 0 Å². The number of anilines is 1. The Morgan fingerprint density at radius 2 is 1.95 bits per heavy atom. The van der Waals surface area contributed by atoms with E-state index in [0.29, 0.717) is 0 Å². The highest BCUT2D eigenvalue weighted by Crippen LogP contribution is 2.29. The van der Waals surface area contributed by atoms with Crippen LogP contribution in [0.2, 0.25) is 0 Å². The number of halogens is 1. The molecule has 21 heavy (non-hydrogen) atoms. The normalized spacial score (nSPS) is 10.8. The highest BCUT2D eigenvalue weighted by atomic mass is 79.9. The summed E-state index contributed by atoms with van der Waals surface area (Å²) in [6.07, 6.45) is 0. The third-order valence-electron chi connectivity index (χ3n) is 3.23. The first-order valence-corrected chi connectivity index (χ1v) is 8.49.